The highest BCUT2D eigenvalue weighted by atomic mass is 31.2. The second-order valence-electron chi connectivity index (χ2n) is 7.16. The number of imidazole rings is 2. The number of anilines is 2. The number of ether oxygens (including phenoxy) is 1. The lowest BCUT2D eigenvalue weighted by Gasteiger charge is -2.16. The van der Waals surface area contributed by atoms with Gasteiger partial charge in [-0.1, -0.05) is 0 Å². The fourth-order valence-electron chi connectivity index (χ4n) is 3.26. The zero-order valence-corrected chi connectivity index (χ0v) is 18.2. The largest absolute Gasteiger partial charge is 0.469 e. The smallest absolute Gasteiger partial charge is 0.387 e. The van der Waals surface area contributed by atoms with Crippen molar-refractivity contribution in [2.45, 2.75) is 24.5 Å². The van der Waals surface area contributed by atoms with Crippen LogP contribution in [0.4, 0.5) is 11.9 Å². The molecule has 1 saturated heterocycles. The molecule has 1 fully saturated rings. The second kappa shape index (κ2) is 9.15. The summed E-state index contributed by atoms with van der Waals surface area (Å²) in [6.45, 7) is -0.651. The normalized spacial score (nSPS) is 22.4. The van der Waals surface area contributed by atoms with E-state index in [0.29, 0.717) is 5.65 Å². The average Bonchev–Trinajstić information content (AvgIpc) is 3.46. The zero-order chi connectivity index (χ0) is 25.5. The average molecular weight is 514 g/mol. The van der Waals surface area contributed by atoms with Gasteiger partial charge in [-0.3, -0.25) is 28.6 Å². The van der Waals surface area contributed by atoms with E-state index in [9.17, 15) is 24.4 Å². The van der Waals surface area contributed by atoms with Crippen LogP contribution >= 0.6 is 7.82 Å². The molecule has 188 valence electrons. The first-order valence-electron chi connectivity index (χ1n) is 9.57. The molecule has 5 rings (SSSR count). The molecule has 4 aromatic heterocycles. The first-order valence-corrected chi connectivity index (χ1v) is 11.1. The van der Waals surface area contributed by atoms with Crippen LogP contribution in [0, 0.1) is 0 Å². The van der Waals surface area contributed by atoms with Crippen molar-refractivity contribution in [3.8, 4) is 0 Å². The summed E-state index contributed by atoms with van der Waals surface area (Å²) in [4.78, 5) is 62.7. The minimum atomic E-state index is -4.76. The fourth-order valence-corrected chi connectivity index (χ4v) is 3.60. The lowest BCUT2D eigenvalue weighted by Crippen LogP contribution is -2.33. The molecule has 5 heterocycles. The molecule has 1 aliphatic heterocycles. The van der Waals surface area contributed by atoms with Gasteiger partial charge in [0.25, 0.3) is 11.1 Å². The number of hydrogen-bond donors (Lipinski definition) is 9. The lowest BCUT2D eigenvalue weighted by molar-refractivity contribution is -0.0503. The van der Waals surface area contributed by atoms with Crippen molar-refractivity contribution in [2.24, 2.45) is 0 Å². The standard InChI is InChI=1S/C10H14N5O8P.C5H5N5O/c11-10-13-7-4(8(18)14-10)12-2-15(7)9-6(17)5(16)3(23-9)1-22-24(19,20)21;6-5-9-3-2(4(11)10-5)7-1-8-3/h2-3,5-6,9,16-17H,1H2,(H2,19,20,21)(H3,11,13,14,18);1H,(H4,6,7,8,9,10,11)/t3-,5-,6-,9-;/m1./s1. The molecular formula is C15H19N10O9P. The lowest BCUT2D eigenvalue weighted by atomic mass is 10.1. The number of fused-ring (bicyclic) bond motifs is 2. The molecule has 4 aromatic rings. The van der Waals surface area contributed by atoms with E-state index >= 15 is 0 Å². The Morgan fingerprint density at radius 1 is 1.06 bits per heavy atom. The topological polar surface area (TPSA) is 306 Å². The Kier molecular flexibility index (Phi) is 6.38. The quantitative estimate of drug-likeness (QED) is 0.120. The summed E-state index contributed by atoms with van der Waals surface area (Å²) in [6, 6.07) is 0. The molecule has 0 amide bonds. The van der Waals surface area contributed by atoms with E-state index in [0.717, 1.165) is 0 Å². The minimum absolute atomic E-state index is 0.0176. The van der Waals surface area contributed by atoms with Crippen molar-refractivity contribution in [2.75, 3.05) is 18.1 Å². The number of nitrogen functional groups attached to an aromatic ring is 2. The number of aliphatic hydroxyl groups excluding tert-OH is 2. The highest BCUT2D eigenvalue weighted by molar-refractivity contribution is 7.46. The third-order valence-electron chi connectivity index (χ3n) is 4.78. The predicted molar refractivity (Wildman–Crippen MR) is 115 cm³/mol. The van der Waals surface area contributed by atoms with Crippen LogP contribution in [-0.4, -0.2) is 84.4 Å². The van der Waals surface area contributed by atoms with Gasteiger partial charge in [-0.2, -0.15) is 9.97 Å². The Labute approximate surface area is 192 Å². The van der Waals surface area contributed by atoms with Gasteiger partial charge >= 0.3 is 7.82 Å². The highest BCUT2D eigenvalue weighted by Crippen LogP contribution is 2.38. The van der Waals surface area contributed by atoms with Crippen LogP contribution in [0.3, 0.4) is 0 Å². The maximum Gasteiger partial charge on any atom is 0.469 e. The number of phosphoric ester groups is 1. The van der Waals surface area contributed by atoms with Crippen LogP contribution in [0.25, 0.3) is 22.3 Å². The molecule has 19 nitrogen and oxygen atoms in total. The zero-order valence-electron chi connectivity index (χ0n) is 17.3. The van der Waals surface area contributed by atoms with Crippen molar-refractivity contribution in [1.82, 2.24) is 39.5 Å². The van der Waals surface area contributed by atoms with E-state index in [1.807, 2.05) is 0 Å². The molecule has 0 radical (unpaired) electrons. The van der Waals surface area contributed by atoms with Crippen LogP contribution in [-0.2, 0) is 13.8 Å². The number of hydrogen-bond acceptors (Lipinski definition) is 13. The summed E-state index contributed by atoms with van der Waals surface area (Å²) in [5, 5.41) is 20.1. The molecule has 0 saturated carbocycles. The van der Waals surface area contributed by atoms with E-state index in [1.165, 1.54) is 17.2 Å². The summed E-state index contributed by atoms with van der Waals surface area (Å²) >= 11 is 0. The molecule has 4 atom stereocenters. The number of phosphoric acid groups is 1. The molecular weight excluding hydrogens is 495 g/mol. The van der Waals surface area contributed by atoms with Gasteiger partial charge in [-0.15, -0.1) is 0 Å². The van der Waals surface area contributed by atoms with E-state index < -0.39 is 44.5 Å². The number of aromatic amines is 3. The molecule has 0 aromatic carbocycles. The summed E-state index contributed by atoms with van der Waals surface area (Å²) in [5.41, 5.74) is 10.5. The molecule has 0 bridgehead atoms. The molecule has 35 heavy (non-hydrogen) atoms. The summed E-state index contributed by atoms with van der Waals surface area (Å²) in [7, 11) is -4.76. The first-order chi connectivity index (χ1) is 16.4. The van der Waals surface area contributed by atoms with Gasteiger partial charge in [0, 0.05) is 0 Å². The van der Waals surface area contributed by atoms with E-state index in [2.05, 4.69) is 39.4 Å². The second-order valence-corrected chi connectivity index (χ2v) is 8.40. The molecule has 20 heteroatoms. The third kappa shape index (κ3) is 5.05. The van der Waals surface area contributed by atoms with Crippen LogP contribution in [0.1, 0.15) is 6.23 Å². The summed E-state index contributed by atoms with van der Waals surface area (Å²) in [6.07, 6.45) is -2.82. The van der Waals surface area contributed by atoms with Crippen LogP contribution in [0.15, 0.2) is 22.2 Å². The summed E-state index contributed by atoms with van der Waals surface area (Å²) in [5.74, 6) is -0.0876. The SMILES string of the molecule is Nc1nc2[nH]cnc2c(=O)[nH]1.Nc1nc2c(ncn2[C@@H]2O[C@H](COP(=O)(O)O)[C@@H](O)[C@H]2O)c(=O)[nH]1. The van der Waals surface area contributed by atoms with Crippen molar-refractivity contribution in [3.05, 3.63) is 33.4 Å². The van der Waals surface area contributed by atoms with E-state index in [4.69, 9.17) is 26.0 Å². The monoisotopic (exact) mass is 514 g/mol. The molecule has 0 unspecified atom stereocenters. The molecule has 11 N–H and O–H groups in total. The van der Waals surface area contributed by atoms with Crippen molar-refractivity contribution in [3.63, 3.8) is 0 Å². The fraction of sp³-hybridized carbons (Fsp3) is 0.333. The van der Waals surface area contributed by atoms with E-state index in [-0.39, 0.29) is 34.1 Å². The number of nitrogens with zero attached hydrogens (tertiary/aromatic N) is 5. The molecule has 1 aliphatic rings. The van der Waals surface area contributed by atoms with Gasteiger partial charge in [0.05, 0.1) is 19.3 Å². The minimum Gasteiger partial charge on any atom is -0.387 e. The highest BCUT2D eigenvalue weighted by Gasteiger charge is 2.45. The Morgan fingerprint density at radius 2 is 1.71 bits per heavy atom. The van der Waals surface area contributed by atoms with Crippen molar-refractivity contribution < 1.29 is 33.8 Å². The van der Waals surface area contributed by atoms with Crippen LogP contribution < -0.4 is 22.6 Å². The van der Waals surface area contributed by atoms with Gasteiger partial charge in [0.1, 0.15) is 18.3 Å². The predicted octanol–water partition coefficient (Wildman–Crippen LogP) is -3.34. The van der Waals surface area contributed by atoms with Crippen molar-refractivity contribution in [1.29, 1.82) is 0 Å². The number of H-pyrrole nitrogens is 3. The molecule has 0 spiro atoms. The number of aliphatic hydroxyl groups is 2. The van der Waals surface area contributed by atoms with Crippen LogP contribution in [0.2, 0.25) is 0 Å². The first kappa shape index (κ1) is 24.4. The number of nitrogens with one attached hydrogen (secondary N) is 3. The Morgan fingerprint density at radius 3 is 2.40 bits per heavy atom. The third-order valence-corrected chi connectivity index (χ3v) is 5.26. The maximum atomic E-state index is 11.7. The van der Waals surface area contributed by atoms with Gasteiger partial charge < -0.3 is 41.2 Å². The Bertz CT molecular complexity index is 1520. The van der Waals surface area contributed by atoms with Crippen molar-refractivity contribution >= 4 is 42.0 Å². The number of aromatic nitrogens is 8. The summed E-state index contributed by atoms with van der Waals surface area (Å²) < 4.78 is 21.6. The van der Waals surface area contributed by atoms with E-state index in [1.54, 1.807) is 0 Å². The number of rotatable bonds is 4. The maximum absolute atomic E-state index is 11.7. The van der Waals surface area contributed by atoms with Gasteiger partial charge in [0.15, 0.2) is 28.6 Å². The van der Waals surface area contributed by atoms with Gasteiger partial charge in [-0.25, -0.2) is 14.5 Å². The Balaban J connectivity index is 0.000000218. The Hall–Kier alpha value is -3.71. The van der Waals surface area contributed by atoms with Crippen LogP contribution in [0.5, 0.6) is 0 Å². The number of nitrogens with two attached hydrogens (primary N) is 2. The van der Waals surface area contributed by atoms with Gasteiger partial charge in [0.2, 0.25) is 11.9 Å². The van der Waals surface area contributed by atoms with Gasteiger partial charge in [-0.05, 0) is 0 Å². The molecule has 0 aliphatic carbocycles.